The summed E-state index contributed by atoms with van der Waals surface area (Å²) in [7, 11) is 0. The molecule has 5 heteroatoms. The van der Waals surface area contributed by atoms with Gasteiger partial charge in [-0.3, -0.25) is 4.79 Å². The second kappa shape index (κ2) is 5.16. The minimum Gasteiger partial charge on any atom is -0.484 e. The number of hydrogen-bond acceptors (Lipinski definition) is 3. The number of carbonyl (C=O) groups is 1. The number of amides is 1. The van der Waals surface area contributed by atoms with E-state index >= 15 is 0 Å². The molecule has 1 N–H and O–H groups in total. The number of likely N-dealkylation sites (tertiary alicyclic amines) is 1. The largest absolute Gasteiger partial charge is 0.484 e. The van der Waals surface area contributed by atoms with Crippen molar-refractivity contribution in [2.24, 2.45) is 0 Å². The van der Waals surface area contributed by atoms with Crippen LogP contribution in [0.15, 0.2) is 24.3 Å². The number of benzene rings is 1. The van der Waals surface area contributed by atoms with Crippen molar-refractivity contribution in [1.82, 2.24) is 4.90 Å². The second-order valence-corrected chi connectivity index (χ2v) is 5.01. The molecule has 1 aromatic rings. The summed E-state index contributed by atoms with van der Waals surface area (Å²) in [5.41, 5.74) is -0.703. The third kappa shape index (κ3) is 2.94. The summed E-state index contributed by atoms with van der Waals surface area (Å²) in [5.74, 6) is 0.454. The summed E-state index contributed by atoms with van der Waals surface area (Å²) in [6, 6.07) is 6.92. The first-order chi connectivity index (χ1) is 8.52. The Kier molecular flexibility index (Phi) is 3.78. The lowest BCUT2D eigenvalue weighted by Gasteiger charge is -2.45. The van der Waals surface area contributed by atoms with Crippen molar-refractivity contribution in [3.05, 3.63) is 29.3 Å². The van der Waals surface area contributed by atoms with E-state index in [2.05, 4.69) is 0 Å². The van der Waals surface area contributed by atoms with Crippen LogP contribution in [-0.4, -0.2) is 41.2 Å². The summed E-state index contributed by atoms with van der Waals surface area (Å²) in [5, 5.41) is 10.4. The molecule has 0 aliphatic carbocycles. The maximum Gasteiger partial charge on any atom is 0.260 e. The standard InChI is InChI=1S/C13H16ClNO3/c1-2-13(17)8-15(9-13)12(16)7-18-11-5-3-4-10(14)6-11/h3-6,17H,2,7-9H2,1H3. The van der Waals surface area contributed by atoms with Crippen LogP contribution in [-0.2, 0) is 4.79 Å². The number of halogens is 1. The minimum atomic E-state index is -0.703. The molecule has 1 aliphatic heterocycles. The molecule has 0 bridgehead atoms. The molecule has 98 valence electrons. The first-order valence-electron chi connectivity index (χ1n) is 5.91. The van der Waals surface area contributed by atoms with Crippen molar-refractivity contribution in [3.63, 3.8) is 0 Å². The van der Waals surface area contributed by atoms with E-state index in [9.17, 15) is 9.90 Å². The van der Waals surface area contributed by atoms with Crippen LogP contribution >= 0.6 is 11.6 Å². The Morgan fingerprint density at radius 3 is 2.89 bits per heavy atom. The highest BCUT2D eigenvalue weighted by Crippen LogP contribution is 2.24. The maximum atomic E-state index is 11.7. The normalized spacial score (nSPS) is 17.2. The Hall–Kier alpha value is -1.26. The van der Waals surface area contributed by atoms with E-state index in [4.69, 9.17) is 16.3 Å². The number of ether oxygens (including phenoxy) is 1. The zero-order valence-electron chi connectivity index (χ0n) is 10.2. The van der Waals surface area contributed by atoms with Gasteiger partial charge in [0.05, 0.1) is 18.7 Å². The smallest absolute Gasteiger partial charge is 0.260 e. The van der Waals surface area contributed by atoms with Crippen LogP contribution in [0.1, 0.15) is 13.3 Å². The Labute approximate surface area is 111 Å². The lowest BCUT2D eigenvalue weighted by Crippen LogP contribution is -2.63. The average Bonchev–Trinajstić information content (AvgIpc) is 2.32. The third-order valence-corrected chi connectivity index (χ3v) is 3.37. The number of nitrogens with zero attached hydrogens (tertiary/aromatic N) is 1. The van der Waals surface area contributed by atoms with E-state index in [-0.39, 0.29) is 12.5 Å². The van der Waals surface area contributed by atoms with Crippen LogP contribution in [0, 0.1) is 0 Å². The molecule has 2 rings (SSSR count). The van der Waals surface area contributed by atoms with Gasteiger partial charge in [0.15, 0.2) is 6.61 Å². The predicted molar refractivity (Wildman–Crippen MR) is 68.8 cm³/mol. The lowest BCUT2D eigenvalue weighted by molar-refractivity contribution is -0.157. The van der Waals surface area contributed by atoms with Gasteiger partial charge in [0.25, 0.3) is 5.91 Å². The molecular formula is C13H16ClNO3. The molecule has 0 unspecified atom stereocenters. The fraction of sp³-hybridized carbons (Fsp3) is 0.462. The van der Waals surface area contributed by atoms with Gasteiger partial charge >= 0.3 is 0 Å². The molecule has 0 atom stereocenters. The zero-order valence-corrected chi connectivity index (χ0v) is 11.0. The van der Waals surface area contributed by atoms with E-state index < -0.39 is 5.60 Å². The van der Waals surface area contributed by atoms with Gasteiger partial charge in [-0.15, -0.1) is 0 Å². The number of carbonyl (C=O) groups excluding carboxylic acids is 1. The molecule has 1 aromatic carbocycles. The fourth-order valence-electron chi connectivity index (χ4n) is 1.86. The van der Waals surface area contributed by atoms with Crippen LogP contribution < -0.4 is 4.74 Å². The second-order valence-electron chi connectivity index (χ2n) is 4.57. The first kappa shape index (κ1) is 13.2. The lowest BCUT2D eigenvalue weighted by atomic mass is 9.91. The number of β-amino-alcohol motifs (C(OH)–C–C–N with tert-alkyl or cyclic N) is 1. The van der Waals surface area contributed by atoms with Crippen LogP contribution in [0.4, 0.5) is 0 Å². The van der Waals surface area contributed by atoms with E-state index in [0.29, 0.717) is 30.3 Å². The average molecular weight is 270 g/mol. The summed E-state index contributed by atoms with van der Waals surface area (Å²) in [6.07, 6.45) is 0.659. The predicted octanol–water partition coefficient (Wildman–Crippen LogP) is 1.70. The van der Waals surface area contributed by atoms with Crippen LogP contribution in [0.5, 0.6) is 5.75 Å². The topological polar surface area (TPSA) is 49.8 Å². The monoisotopic (exact) mass is 269 g/mol. The van der Waals surface area contributed by atoms with Gasteiger partial charge < -0.3 is 14.7 Å². The van der Waals surface area contributed by atoms with Crippen molar-refractivity contribution in [2.45, 2.75) is 18.9 Å². The fourth-order valence-corrected chi connectivity index (χ4v) is 2.04. The van der Waals surface area contributed by atoms with E-state index in [1.54, 1.807) is 29.2 Å². The van der Waals surface area contributed by atoms with Crippen LogP contribution in [0.3, 0.4) is 0 Å². The van der Waals surface area contributed by atoms with Crippen molar-refractivity contribution in [2.75, 3.05) is 19.7 Å². The summed E-state index contributed by atoms with van der Waals surface area (Å²) < 4.78 is 5.35. The van der Waals surface area contributed by atoms with Crippen LogP contribution in [0.25, 0.3) is 0 Å². The van der Waals surface area contributed by atoms with Crippen molar-refractivity contribution in [1.29, 1.82) is 0 Å². The molecule has 1 amide bonds. The molecular weight excluding hydrogens is 254 g/mol. The van der Waals surface area contributed by atoms with Crippen molar-refractivity contribution < 1.29 is 14.6 Å². The molecule has 1 fully saturated rings. The molecule has 0 saturated carbocycles. The Bertz CT molecular complexity index is 444. The van der Waals surface area contributed by atoms with Gasteiger partial charge in [-0.25, -0.2) is 0 Å². The summed E-state index contributed by atoms with van der Waals surface area (Å²) in [6.45, 7) is 2.66. The summed E-state index contributed by atoms with van der Waals surface area (Å²) in [4.78, 5) is 13.3. The molecule has 0 spiro atoms. The molecule has 1 saturated heterocycles. The maximum absolute atomic E-state index is 11.7. The van der Waals surface area contributed by atoms with Crippen molar-refractivity contribution >= 4 is 17.5 Å². The van der Waals surface area contributed by atoms with Gasteiger partial charge in [0.2, 0.25) is 0 Å². The van der Waals surface area contributed by atoms with Gasteiger partial charge in [0, 0.05) is 5.02 Å². The SMILES string of the molecule is CCC1(O)CN(C(=O)COc2cccc(Cl)c2)C1. The minimum absolute atomic E-state index is 0.0276. The molecule has 0 aromatic heterocycles. The molecule has 4 nitrogen and oxygen atoms in total. The van der Waals surface area contributed by atoms with E-state index in [1.165, 1.54) is 0 Å². The Morgan fingerprint density at radius 1 is 1.56 bits per heavy atom. The number of rotatable bonds is 4. The van der Waals surface area contributed by atoms with Gasteiger partial charge in [-0.05, 0) is 24.6 Å². The van der Waals surface area contributed by atoms with Gasteiger partial charge in [-0.1, -0.05) is 24.6 Å². The van der Waals surface area contributed by atoms with Gasteiger partial charge in [-0.2, -0.15) is 0 Å². The quantitative estimate of drug-likeness (QED) is 0.905. The summed E-state index contributed by atoms with van der Waals surface area (Å²) >= 11 is 5.81. The third-order valence-electron chi connectivity index (χ3n) is 3.14. The highest BCUT2D eigenvalue weighted by molar-refractivity contribution is 6.30. The molecule has 18 heavy (non-hydrogen) atoms. The van der Waals surface area contributed by atoms with Crippen LogP contribution in [0.2, 0.25) is 5.02 Å². The Morgan fingerprint density at radius 2 is 2.28 bits per heavy atom. The first-order valence-corrected chi connectivity index (χ1v) is 6.29. The highest BCUT2D eigenvalue weighted by atomic mass is 35.5. The van der Waals surface area contributed by atoms with Gasteiger partial charge in [0.1, 0.15) is 5.75 Å². The van der Waals surface area contributed by atoms with E-state index in [0.717, 1.165) is 0 Å². The van der Waals surface area contributed by atoms with E-state index in [1.807, 2.05) is 6.92 Å². The Balaban J connectivity index is 1.80. The number of hydrogen-bond donors (Lipinski definition) is 1. The number of aliphatic hydroxyl groups is 1. The zero-order chi connectivity index (χ0) is 13.2. The highest BCUT2D eigenvalue weighted by Gasteiger charge is 2.41. The van der Waals surface area contributed by atoms with Crippen molar-refractivity contribution in [3.8, 4) is 5.75 Å². The molecule has 1 heterocycles. The molecule has 1 aliphatic rings. The molecule has 0 radical (unpaired) electrons.